The zero-order valence-corrected chi connectivity index (χ0v) is 31.1. The molecule has 0 fully saturated rings. The van der Waals surface area contributed by atoms with Gasteiger partial charge in [-0.3, -0.25) is 0 Å². The van der Waals surface area contributed by atoms with Crippen LogP contribution in [0, 0.1) is 13.8 Å². The van der Waals surface area contributed by atoms with Crippen LogP contribution in [-0.4, -0.2) is 9.13 Å². The molecule has 2 rings (SSSR count). The Morgan fingerprint density at radius 1 is 0.643 bits per heavy atom. The van der Waals surface area contributed by atoms with E-state index in [0.717, 1.165) is 39.6 Å². The summed E-state index contributed by atoms with van der Waals surface area (Å²) in [5.74, 6) is 0. The number of rotatable bonds is 8. The topological polar surface area (TPSA) is 9.86 Å². The van der Waals surface area contributed by atoms with Gasteiger partial charge in [-0.2, -0.15) is 0 Å². The molecule has 2 aromatic heterocycles. The van der Waals surface area contributed by atoms with E-state index in [-0.39, 0.29) is 0 Å². The Hall–Kier alpha value is -3.26. The van der Waals surface area contributed by atoms with Crippen LogP contribution >= 0.6 is 0 Å². The molecule has 0 saturated carbocycles. The van der Waals surface area contributed by atoms with Gasteiger partial charge in [-0.15, -0.1) is 0 Å². The lowest BCUT2D eigenvalue weighted by Crippen LogP contribution is -2.05. The molecule has 240 valence electrons. The van der Waals surface area contributed by atoms with Gasteiger partial charge in [0.1, 0.15) is 0 Å². The lowest BCUT2D eigenvalue weighted by atomic mass is 10.0. The van der Waals surface area contributed by atoms with E-state index in [0.29, 0.717) is 0 Å². The average molecular weight is 579 g/mol. The highest BCUT2D eigenvalue weighted by atomic mass is 15.0. The molecule has 0 atom stereocenters. The van der Waals surface area contributed by atoms with Crippen molar-refractivity contribution < 1.29 is 0 Å². The summed E-state index contributed by atoms with van der Waals surface area (Å²) in [7, 11) is 2.08. The second-order valence-corrected chi connectivity index (χ2v) is 7.63. The van der Waals surface area contributed by atoms with Crippen LogP contribution in [-0.2, 0) is 7.05 Å². The first-order chi connectivity index (χ1) is 20.3. The predicted molar refractivity (Wildman–Crippen MR) is 205 cm³/mol. The Morgan fingerprint density at radius 2 is 1.05 bits per heavy atom. The highest BCUT2D eigenvalue weighted by molar-refractivity contribution is 5.86. The van der Waals surface area contributed by atoms with Crippen molar-refractivity contribution in [3.8, 4) is 0 Å². The predicted octanol–water partition coefficient (Wildman–Crippen LogP) is 14.1. The van der Waals surface area contributed by atoms with Gasteiger partial charge in [0.15, 0.2) is 0 Å². The molecule has 0 spiro atoms. The Kier molecular flexibility index (Phi) is 37.2. The zero-order valence-electron chi connectivity index (χ0n) is 31.1. The minimum atomic E-state index is 0.897. The summed E-state index contributed by atoms with van der Waals surface area (Å²) in [6.07, 6.45) is 19.2. The summed E-state index contributed by atoms with van der Waals surface area (Å²) >= 11 is 0. The minimum absolute atomic E-state index is 0.897. The van der Waals surface area contributed by atoms with Crippen molar-refractivity contribution in [1.82, 2.24) is 9.13 Å². The standard InChI is InChI=1S/C27H32N2.C3H8.5C2H6/c1-10-15-18-24-20(7)19(6)23(14-5)29(24)21(8)27-22(13-4)25(16-11-2)28(9)26(27)17-12-3;1-3-2;5*1-2/h10-18H,1,4-5,8H2,2-3,6-7,9H3;3H2,1-2H3;5*1-2H3/b16-11-,17-12-,18-15-;;;;;;. The van der Waals surface area contributed by atoms with Gasteiger partial charge in [0.2, 0.25) is 0 Å². The van der Waals surface area contributed by atoms with Crippen LogP contribution in [0.15, 0.2) is 50.6 Å². The third-order valence-electron chi connectivity index (χ3n) is 5.33. The molecule has 2 heteroatoms. The third kappa shape index (κ3) is 13.6. The molecule has 0 aromatic carbocycles. The third-order valence-corrected chi connectivity index (χ3v) is 5.33. The zero-order chi connectivity index (χ0) is 34.4. The summed E-state index contributed by atoms with van der Waals surface area (Å²) in [6, 6.07) is 0. The smallest absolute Gasteiger partial charge is 0.0506 e. The largest absolute Gasteiger partial charge is 0.344 e. The molecule has 2 aromatic rings. The lowest BCUT2D eigenvalue weighted by molar-refractivity contribution is 0.898. The van der Waals surface area contributed by atoms with Crippen molar-refractivity contribution in [2.75, 3.05) is 0 Å². The van der Waals surface area contributed by atoms with Gasteiger partial charge in [0.05, 0.1) is 5.69 Å². The van der Waals surface area contributed by atoms with E-state index in [1.54, 1.807) is 6.08 Å². The van der Waals surface area contributed by atoms with Crippen molar-refractivity contribution in [3.63, 3.8) is 0 Å². The molecular weight excluding hydrogens is 508 g/mol. The van der Waals surface area contributed by atoms with Gasteiger partial charge in [0, 0.05) is 41.0 Å². The second kappa shape index (κ2) is 32.3. The molecule has 2 nitrogen and oxygen atoms in total. The van der Waals surface area contributed by atoms with Gasteiger partial charge < -0.3 is 9.13 Å². The maximum absolute atomic E-state index is 4.53. The van der Waals surface area contributed by atoms with E-state index in [1.807, 2.05) is 107 Å². The quantitative estimate of drug-likeness (QED) is 0.276. The molecule has 0 saturated heterocycles. The second-order valence-electron chi connectivity index (χ2n) is 7.63. The van der Waals surface area contributed by atoms with E-state index < -0.39 is 0 Å². The first-order valence-electron chi connectivity index (χ1n) is 16.2. The Morgan fingerprint density at radius 3 is 1.40 bits per heavy atom. The summed E-state index contributed by atoms with van der Waals surface area (Å²) in [4.78, 5) is 0. The van der Waals surface area contributed by atoms with Crippen molar-refractivity contribution in [2.45, 2.75) is 117 Å². The van der Waals surface area contributed by atoms with Gasteiger partial charge in [-0.05, 0) is 63.1 Å². The highest BCUT2D eigenvalue weighted by Gasteiger charge is 2.23. The normalized spacial score (nSPS) is 9.26. The van der Waals surface area contributed by atoms with Crippen LogP contribution < -0.4 is 0 Å². The van der Waals surface area contributed by atoms with E-state index in [9.17, 15) is 0 Å². The molecule has 0 radical (unpaired) electrons. The van der Waals surface area contributed by atoms with Crippen LogP contribution in [0.5, 0.6) is 0 Å². The number of aromatic nitrogens is 2. The summed E-state index contributed by atoms with van der Waals surface area (Å²) < 4.78 is 4.38. The fourth-order valence-electron chi connectivity index (χ4n) is 3.82. The molecule has 0 N–H and O–H groups in total. The van der Waals surface area contributed by atoms with Gasteiger partial charge in [0.25, 0.3) is 0 Å². The van der Waals surface area contributed by atoms with E-state index in [2.05, 4.69) is 94.5 Å². The van der Waals surface area contributed by atoms with Crippen molar-refractivity contribution in [1.29, 1.82) is 0 Å². The molecule has 0 aliphatic rings. The summed E-state index contributed by atoms with van der Waals surface area (Å²) in [5, 5.41) is 0. The van der Waals surface area contributed by atoms with Crippen LogP contribution in [0.25, 0.3) is 36.1 Å². The van der Waals surface area contributed by atoms with Gasteiger partial charge in [-0.1, -0.05) is 146 Å². The van der Waals surface area contributed by atoms with Crippen LogP contribution in [0.1, 0.15) is 148 Å². The SMILES string of the molecule is C=C/C=C\c1c(C)c(C)c(C=C)n1C(=C)c1c(C=C)c(/C=C\C)n(C)c1/C=C\C.CC.CC.CC.CC.CC.CCC. The van der Waals surface area contributed by atoms with Crippen molar-refractivity contribution in [2.24, 2.45) is 7.05 Å². The number of hydrogen-bond donors (Lipinski definition) is 0. The number of nitrogens with zero attached hydrogens (tertiary/aromatic N) is 2. The van der Waals surface area contributed by atoms with E-state index in [4.69, 9.17) is 0 Å². The molecule has 0 amide bonds. The van der Waals surface area contributed by atoms with E-state index in [1.165, 1.54) is 17.5 Å². The Bertz CT molecular complexity index is 1080. The maximum Gasteiger partial charge on any atom is 0.0506 e. The lowest BCUT2D eigenvalue weighted by Gasteiger charge is -2.15. The molecule has 0 aliphatic carbocycles. The maximum atomic E-state index is 4.53. The molecule has 0 aliphatic heterocycles. The van der Waals surface area contributed by atoms with Crippen molar-refractivity contribution >= 4 is 36.1 Å². The fraction of sp³-hybridized carbons (Fsp3) is 0.450. The first-order valence-corrected chi connectivity index (χ1v) is 16.2. The molecule has 42 heavy (non-hydrogen) atoms. The van der Waals surface area contributed by atoms with Crippen LogP contribution in [0.4, 0.5) is 0 Å². The number of hydrogen-bond acceptors (Lipinski definition) is 0. The van der Waals surface area contributed by atoms with Gasteiger partial charge in [-0.25, -0.2) is 0 Å². The Balaban J connectivity index is -0.000000306. The molecule has 2 heterocycles. The van der Waals surface area contributed by atoms with Crippen LogP contribution in [0.3, 0.4) is 0 Å². The molecular formula is C40H70N2. The summed E-state index contributed by atoms with van der Waals surface area (Å²) in [6.45, 7) is 49.1. The minimum Gasteiger partial charge on any atom is -0.344 e. The van der Waals surface area contributed by atoms with Crippen molar-refractivity contribution in [3.05, 3.63) is 95.6 Å². The number of allylic oxidation sites excluding steroid dienone is 4. The first kappa shape index (κ1) is 48.5. The highest BCUT2D eigenvalue weighted by Crippen LogP contribution is 2.36. The monoisotopic (exact) mass is 579 g/mol. The fourth-order valence-corrected chi connectivity index (χ4v) is 3.82. The molecule has 0 unspecified atom stereocenters. The Labute approximate surface area is 264 Å². The molecule has 0 bridgehead atoms. The van der Waals surface area contributed by atoms with Crippen LogP contribution in [0.2, 0.25) is 0 Å². The average Bonchev–Trinajstić information content (AvgIpc) is 3.45. The van der Waals surface area contributed by atoms with Gasteiger partial charge >= 0.3 is 0 Å². The summed E-state index contributed by atoms with van der Waals surface area (Å²) in [5.41, 5.74) is 9.78. The van der Waals surface area contributed by atoms with E-state index >= 15 is 0 Å².